The van der Waals surface area contributed by atoms with Crippen molar-refractivity contribution in [3.63, 3.8) is 0 Å². The molecule has 0 aromatic rings. The lowest BCUT2D eigenvalue weighted by molar-refractivity contribution is -0.108. The normalized spacial score (nSPS) is 31.1. The van der Waals surface area contributed by atoms with Gasteiger partial charge in [0.25, 0.3) is 0 Å². The summed E-state index contributed by atoms with van der Waals surface area (Å²) in [6.45, 7) is 3.60. The molecule has 80 valence electrons. The molecule has 1 fully saturated rings. The molecule has 2 rings (SSSR count). The zero-order valence-electron chi connectivity index (χ0n) is 8.09. The molecule has 2 aliphatic rings. The maximum absolute atomic E-state index is 12.5. The molecule has 0 amide bonds. The molecule has 1 N–H and O–H groups in total. The van der Waals surface area contributed by atoms with Crippen molar-refractivity contribution < 1.29 is 8.78 Å². The van der Waals surface area contributed by atoms with E-state index in [1.165, 1.54) is 0 Å². The number of nitrogens with zero attached hydrogens (tertiary/aromatic N) is 1. The van der Waals surface area contributed by atoms with Crippen molar-refractivity contribution in [2.24, 2.45) is 10.9 Å². The van der Waals surface area contributed by atoms with Gasteiger partial charge in [-0.25, -0.2) is 8.78 Å². The largest absolute Gasteiger partial charge is 0.365 e. The Morgan fingerprint density at radius 3 is 2.79 bits per heavy atom. The Morgan fingerprint density at radius 2 is 2.29 bits per heavy atom. The van der Waals surface area contributed by atoms with Gasteiger partial charge in [-0.3, -0.25) is 4.99 Å². The number of rotatable bonds is 2. The molecule has 0 bridgehead atoms. The number of thioether (sulfide) groups is 1. The van der Waals surface area contributed by atoms with Gasteiger partial charge in [0.05, 0.1) is 6.54 Å². The van der Waals surface area contributed by atoms with Crippen LogP contribution in [-0.4, -0.2) is 29.4 Å². The van der Waals surface area contributed by atoms with Crippen molar-refractivity contribution in [2.45, 2.75) is 30.9 Å². The van der Waals surface area contributed by atoms with Gasteiger partial charge in [0.2, 0.25) is 5.92 Å². The molecule has 0 aromatic heterocycles. The van der Waals surface area contributed by atoms with Crippen molar-refractivity contribution in [3.8, 4) is 0 Å². The van der Waals surface area contributed by atoms with Crippen LogP contribution in [0.15, 0.2) is 4.99 Å². The quantitative estimate of drug-likeness (QED) is 0.770. The first-order valence-corrected chi connectivity index (χ1v) is 5.76. The fourth-order valence-electron chi connectivity index (χ4n) is 1.74. The van der Waals surface area contributed by atoms with Gasteiger partial charge >= 0.3 is 0 Å². The average Bonchev–Trinajstić information content (AvgIpc) is 2.44. The summed E-state index contributed by atoms with van der Waals surface area (Å²) in [7, 11) is 0. The fourth-order valence-corrected chi connectivity index (χ4v) is 2.58. The minimum Gasteiger partial charge on any atom is -0.365 e. The molecule has 1 aliphatic heterocycles. The molecule has 1 heterocycles. The van der Waals surface area contributed by atoms with E-state index in [1.807, 2.05) is 0 Å². The van der Waals surface area contributed by atoms with Crippen molar-refractivity contribution >= 4 is 16.9 Å². The van der Waals surface area contributed by atoms with Crippen LogP contribution in [0.4, 0.5) is 8.78 Å². The summed E-state index contributed by atoms with van der Waals surface area (Å²) in [5, 5.41) is 4.58. The van der Waals surface area contributed by atoms with E-state index >= 15 is 0 Å². The lowest BCUT2D eigenvalue weighted by Crippen LogP contribution is -2.41. The van der Waals surface area contributed by atoms with Gasteiger partial charge in [0.1, 0.15) is 0 Å². The first kappa shape index (κ1) is 10.2. The van der Waals surface area contributed by atoms with Crippen molar-refractivity contribution in [1.82, 2.24) is 5.32 Å². The van der Waals surface area contributed by atoms with E-state index in [9.17, 15) is 8.78 Å². The monoisotopic (exact) mass is 220 g/mol. The van der Waals surface area contributed by atoms with Gasteiger partial charge in [0, 0.05) is 24.6 Å². The molecule has 1 aliphatic carbocycles. The van der Waals surface area contributed by atoms with Crippen molar-refractivity contribution in [1.29, 1.82) is 0 Å². The number of amidine groups is 1. The third kappa shape index (κ3) is 2.38. The van der Waals surface area contributed by atoms with Crippen LogP contribution in [0, 0.1) is 5.92 Å². The molecular formula is C9H14F2N2S. The second-order valence-corrected chi connectivity index (χ2v) is 5.51. The number of nitrogens with one attached hydrogen (secondary N) is 1. The fraction of sp³-hybridized carbons (Fsp3) is 0.889. The molecule has 1 unspecified atom stereocenters. The summed E-state index contributed by atoms with van der Waals surface area (Å²) in [6, 6.07) is 0. The van der Waals surface area contributed by atoms with Crippen molar-refractivity contribution in [3.05, 3.63) is 0 Å². The van der Waals surface area contributed by atoms with Crippen molar-refractivity contribution in [2.75, 3.05) is 13.1 Å². The van der Waals surface area contributed by atoms with Crippen LogP contribution in [0.25, 0.3) is 0 Å². The van der Waals surface area contributed by atoms with Crippen LogP contribution >= 0.6 is 11.8 Å². The number of aliphatic imine (C=N–C) groups is 1. The van der Waals surface area contributed by atoms with Crippen LogP contribution in [-0.2, 0) is 0 Å². The Bertz CT molecular complexity index is 247. The Labute approximate surface area is 86.5 Å². The number of hydrogen-bond donors (Lipinski definition) is 1. The van der Waals surface area contributed by atoms with Crippen LogP contribution in [0.1, 0.15) is 19.8 Å². The molecule has 1 saturated carbocycles. The lowest BCUT2D eigenvalue weighted by Gasteiger charge is -2.35. The maximum Gasteiger partial charge on any atom is 0.248 e. The highest BCUT2D eigenvalue weighted by Gasteiger charge is 2.44. The standard InChI is InChI=1S/C9H14F2N2S/c1-6-4-12-8(14-6)13-5-7-2-9(10,11)3-7/h6-7H,2-5H2,1H3,(H,12,13). The Kier molecular flexibility index (Phi) is 2.68. The Balaban J connectivity index is 1.65. The van der Waals surface area contributed by atoms with E-state index in [2.05, 4.69) is 17.2 Å². The second kappa shape index (κ2) is 3.68. The summed E-state index contributed by atoms with van der Waals surface area (Å²) >= 11 is 1.69. The Hall–Kier alpha value is -0.320. The summed E-state index contributed by atoms with van der Waals surface area (Å²) in [5.41, 5.74) is 0. The molecule has 2 nitrogen and oxygen atoms in total. The third-order valence-electron chi connectivity index (χ3n) is 2.52. The van der Waals surface area contributed by atoms with E-state index in [-0.39, 0.29) is 18.8 Å². The van der Waals surface area contributed by atoms with Crippen LogP contribution < -0.4 is 5.32 Å². The smallest absolute Gasteiger partial charge is 0.248 e. The van der Waals surface area contributed by atoms with Crippen LogP contribution in [0.5, 0.6) is 0 Å². The molecule has 0 radical (unpaired) electrons. The molecule has 0 saturated heterocycles. The van der Waals surface area contributed by atoms with Gasteiger partial charge in [-0.05, 0) is 5.92 Å². The highest BCUT2D eigenvalue weighted by atomic mass is 32.2. The minimum atomic E-state index is -2.40. The molecular weight excluding hydrogens is 206 g/mol. The average molecular weight is 220 g/mol. The topological polar surface area (TPSA) is 24.4 Å². The zero-order chi connectivity index (χ0) is 10.2. The van der Waals surface area contributed by atoms with Gasteiger partial charge in [0.15, 0.2) is 5.17 Å². The van der Waals surface area contributed by atoms with E-state index in [4.69, 9.17) is 0 Å². The first-order valence-electron chi connectivity index (χ1n) is 4.88. The summed E-state index contributed by atoms with van der Waals surface area (Å²) in [4.78, 5) is 4.26. The maximum atomic E-state index is 12.5. The van der Waals surface area contributed by atoms with Crippen LogP contribution in [0.2, 0.25) is 0 Å². The molecule has 0 aromatic carbocycles. The predicted octanol–water partition coefficient (Wildman–Crippen LogP) is 2.11. The van der Waals surface area contributed by atoms with Gasteiger partial charge < -0.3 is 5.32 Å². The highest BCUT2D eigenvalue weighted by Crippen LogP contribution is 2.41. The van der Waals surface area contributed by atoms with Crippen LogP contribution in [0.3, 0.4) is 0 Å². The Morgan fingerprint density at radius 1 is 1.57 bits per heavy atom. The van der Waals surface area contributed by atoms with E-state index in [0.717, 1.165) is 11.7 Å². The lowest BCUT2D eigenvalue weighted by atomic mass is 9.81. The van der Waals surface area contributed by atoms with E-state index < -0.39 is 5.92 Å². The predicted molar refractivity (Wildman–Crippen MR) is 55.0 cm³/mol. The SMILES string of the molecule is CC1CN=C(NCC2CC(F)(F)C2)S1. The summed E-state index contributed by atoms with van der Waals surface area (Å²) < 4.78 is 25.0. The molecule has 0 spiro atoms. The molecule has 1 atom stereocenters. The van der Waals surface area contributed by atoms with Gasteiger partial charge in [-0.1, -0.05) is 18.7 Å². The second-order valence-electron chi connectivity index (χ2n) is 4.09. The highest BCUT2D eigenvalue weighted by molar-refractivity contribution is 8.14. The zero-order valence-corrected chi connectivity index (χ0v) is 8.91. The van der Waals surface area contributed by atoms with Gasteiger partial charge in [-0.15, -0.1) is 0 Å². The third-order valence-corrected chi connectivity index (χ3v) is 3.57. The number of halogens is 2. The minimum absolute atomic E-state index is 0.0352. The van der Waals surface area contributed by atoms with Gasteiger partial charge in [-0.2, -0.15) is 0 Å². The van der Waals surface area contributed by atoms with E-state index in [1.54, 1.807) is 11.8 Å². The summed E-state index contributed by atoms with van der Waals surface area (Å²) in [6.07, 6.45) is 0.0704. The number of hydrogen-bond acceptors (Lipinski definition) is 3. The molecule has 5 heteroatoms. The first-order chi connectivity index (χ1) is 6.55. The summed E-state index contributed by atoms with van der Waals surface area (Å²) in [5.74, 6) is -2.27. The molecule has 14 heavy (non-hydrogen) atoms. The number of alkyl halides is 2. The van der Waals surface area contributed by atoms with E-state index in [0.29, 0.717) is 11.8 Å².